The quantitative estimate of drug-likeness (QED) is 0.658. The number of amides is 3. The van der Waals surface area contributed by atoms with Crippen molar-refractivity contribution in [3.8, 4) is 0 Å². The van der Waals surface area contributed by atoms with Crippen LogP contribution >= 0.6 is 0 Å². The molecule has 2 aromatic carbocycles. The molecule has 6 nitrogen and oxygen atoms in total. The summed E-state index contributed by atoms with van der Waals surface area (Å²) in [5.74, 6) is -0.0278. The van der Waals surface area contributed by atoms with Crippen molar-refractivity contribution in [1.29, 1.82) is 0 Å². The SMILES string of the molecule is Cc1ccc(CCC(=O)Nc2ccc(NC(=O)NCC3CCCO3)cc2)c(C)c1. The maximum absolute atomic E-state index is 12.2. The molecule has 29 heavy (non-hydrogen) atoms. The summed E-state index contributed by atoms with van der Waals surface area (Å²) in [5.41, 5.74) is 5.01. The second-order valence-corrected chi connectivity index (χ2v) is 7.53. The van der Waals surface area contributed by atoms with Crippen LogP contribution in [0, 0.1) is 13.8 Å². The maximum atomic E-state index is 12.2. The van der Waals surface area contributed by atoms with Gasteiger partial charge in [0.2, 0.25) is 5.91 Å². The number of nitrogens with one attached hydrogen (secondary N) is 3. The van der Waals surface area contributed by atoms with E-state index in [-0.39, 0.29) is 18.0 Å². The van der Waals surface area contributed by atoms with Gasteiger partial charge in [0.25, 0.3) is 0 Å². The van der Waals surface area contributed by atoms with E-state index in [0.29, 0.717) is 30.8 Å². The van der Waals surface area contributed by atoms with Crippen molar-refractivity contribution in [2.24, 2.45) is 0 Å². The Bertz CT molecular complexity index is 843. The molecule has 6 heteroatoms. The molecule has 0 aliphatic carbocycles. The molecule has 1 aliphatic rings. The van der Waals surface area contributed by atoms with Crippen molar-refractivity contribution in [3.05, 3.63) is 59.2 Å². The van der Waals surface area contributed by atoms with E-state index in [4.69, 9.17) is 4.74 Å². The van der Waals surface area contributed by atoms with Crippen LogP contribution in [0.25, 0.3) is 0 Å². The molecule has 1 atom stereocenters. The predicted molar refractivity (Wildman–Crippen MR) is 115 cm³/mol. The molecule has 1 saturated heterocycles. The highest BCUT2D eigenvalue weighted by molar-refractivity contribution is 5.92. The molecule has 1 heterocycles. The zero-order valence-electron chi connectivity index (χ0n) is 17.1. The van der Waals surface area contributed by atoms with Gasteiger partial charge in [0, 0.05) is 30.9 Å². The Labute approximate surface area is 172 Å². The van der Waals surface area contributed by atoms with Crippen molar-refractivity contribution < 1.29 is 14.3 Å². The fourth-order valence-electron chi connectivity index (χ4n) is 3.42. The first-order valence-electron chi connectivity index (χ1n) is 10.1. The van der Waals surface area contributed by atoms with Gasteiger partial charge < -0.3 is 20.7 Å². The summed E-state index contributed by atoms with van der Waals surface area (Å²) in [6.07, 6.45) is 3.28. The second-order valence-electron chi connectivity index (χ2n) is 7.53. The van der Waals surface area contributed by atoms with Crippen LogP contribution in [0.4, 0.5) is 16.2 Å². The minimum atomic E-state index is -0.259. The van der Waals surface area contributed by atoms with Gasteiger partial charge in [0.1, 0.15) is 0 Å². The Balaban J connectivity index is 1.42. The van der Waals surface area contributed by atoms with Crippen LogP contribution in [-0.2, 0) is 16.0 Å². The number of carbonyl (C=O) groups excluding carboxylic acids is 2. The number of rotatable bonds is 7. The summed E-state index contributed by atoms with van der Waals surface area (Å²) in [4.78, 5) is 24.2. The zero-order chi connectivity index (χ0) is 20.6. The Morgan fingerprint density at radius 2 is 1.76 bits per heavy atom. The molecule has 3 rings (SSSR count). The van der Waals surface area contributed by atoms with E-state index < -0.39 is 0 Å². The van der Waals surface area contributed by atoms with E-state index in [1.807, 2.05) is 0 Å². The molecule has 3 N–H and O–H groups in total. The number of hydrogen-bond acceptors (Lipinski definition) is 3. The third kappa shape index (κ3) is 6.61. The summed E-state index contributed by atoms with van der Waals surface area (Å²) in [6.45, 7) is 5.42. The lowest BCUT2D eigenvalue weighted by molar-refractivity contribution is -0.116. The van der Waals surface area contributed by atoms with Crippen LogP contribution in [0.3, 0.4) is 0 Å². The highest BCUT2D eigenvalue weighted by Gasteiger charge is 2.16. The van der Waals surface area contributed by atoms with Gasteiger partial charge in [0.15, 0.2) is 0 Å². The zero-order valence-corrected chi connectivity index (χ0v) is 17.1. The van der Waals surface area contributed by atoms with E-state index >= 15 is 0 Å². The largest absolute Gasteiger partial charge is 0.376 e. The van der Waals surface area contributed by atoms with Crippen LogP contribution in [0.2, 0.25) is 0 Å². The third-order valence-corrected chi connectivity index (χ3v) is 5.06. The number of ether oxygens (including phenoxy) is 1. The lowest BCUT2D eigenvalue weighted by Crippen LogP contribution is -2.35. The molecule has 0 bridgehead atoms. The topological polar surface area (TPSA) is 79.5 Å². The minimum Gasteiger partial charge on any atom is -0.376 e. The minimum absolute atomic E-state index is 0.0278. The number of urea groups is 1. The smallest absolute Gasteiger partial charge is 0.319 e. The molecule has 0 radical (unpaired) electrons. The summed E-state index contributed by atoms with van der Waals surface area (Å²) in [6, 6.07) is 13.1. The molecular formula is C23H29N3O3. The first-order chi connectivity index (χ1) is 14.0. The van der Waals surface area contributed by atoms with Gasteiger partial charge in [-0.2, -0.15) is 0 Å². The normalized spacial score (nSPS) is 15.7. The number of aryl methyl sites for hydroxylation is 3. The summed E-state index contributed by atoms with van der Waals surface area (Å²) < 4.78 is 5.48. The first kappa shape index (κ1) is 20.9. The average molecular weight is 396 g/mol. The van der Waals surface area contributed by atoms with E-state index in [1.54, 1.807) is 24.3 Å². The Morgan fingerprint density at radius 1 is 1.03 bits per heavy atom. The molecule has 3 amide bonds. The Morgan fingerprint density at radius 3 is 2.41 bits per heavy atom. The molecule has 154 valence electrons. The van der Waals surface area contributed by atoms with Crippen LogP contribution in [-0.4, -0.2) is 31.2 Å². The first-order valence-corrected chi connectivity index (χ1v) is 10.1. The molecule has 0 saturated carbocycles. The highest BCUT2D eigenvalue weighted by atomic mass is 16.5. The molecule has 1 aliphatic heterocycles. The lowest BCUT2D eigenvalue weighted by atomic mass is 10.0. The van der Waals surface area contributed by atoms with Gasteiger partial charge in [-0.25, -0.2) is 4.79 Å². The van der Waals surface area contributed by atoms with Gasteiger partial charge in [-0.3, -0.25) is 4.79 Å². The van der Waals surface area contributed by atoms with Crippen LogP contribution in [0.5, 0.6) is 0 Å². The molecule has 0 aromatic heterocycles. The molecule has 0 spiro atoms. The van der Waals surface area contributed by atoms with E-state index in [0.717, 1.165) is 19.4 Å². The maximum Gasteiger partial charge on any atom is 0.319 e. The molecular weight excluding hydrogens is 366 g/mol. The van der Waals surface area contributed by atoms with E-state index in [2.05, 4.69) is 48.0 Å². The fraction of sp³-hybridized carbons (Fsp3) is 0.391. The standard InChI is InChI=1S/C23H29N3O3/c1-16-5-6-18(17(2)14-16)7-12-22(27)25-19-8-10-20(11-9-19)26-23(28)24-15-21-4-3-13-29-21/h5-6,8-11,14,21H,3-4,7,12-13,15H2,1-2H3,(H,25,27)(H2,24,26,28). The lowest BCUT2D eigenvalue weighted by Gasteiger charge is -2.12. The third-order valence-electron chi connectivity index (χ3n) is 5.06. The summed E-state index contributed by atoms with van der Waals surface area (Å²) in [7, 11) is 0. The van der Waals surface area contributed by atoms with Crippen LogP contribution < -0.4 is 16.0 Å². The predicted octanol–water partition coefficient (Wildman–Crippen LogP) is 4.18. The van der Waals surface area contributed by atoms with Crippen LogP contribution in [0.1, 0.15) is 36.0 Å². The number of benzene rings is 2. The molecule has 1 fully saturated rings. The number of anilines is 2. The molecule has 1 unspecified atom stereocenters. The van der Waals surface area contributed by atoms with Crippen molar-refractivity contribution in [2.75, 3.05) is 23.8 Å². The second kappa shape index (κ2) is 10.1. The van der Waals surface area contributed by atoms with Crippen LogP contribution in [0.15, 0.2) is 42.5 Å². The Kier molecular flexibility index (Phi) is 7.25. The molecule has 2 aromatic rings. The number of carbonyl (C=O) groups is 2. The Hall–Kier alpha value is -2.86. The van der Waals surface area contributed by atoms with E-state index in [1.165, 1.54) is 16.7 Å². The van der Waals surface area contributed by atoms with Crippen molar-refractivity contribution in [2.45, 2.75) is 45.6 Å². The monoisotopic (exact) mass is 395 g/mol. The van der Waals surface area contributed by atoms with Gasteiger partial charge in [-0.1, -0.05) is 23.8 Å². The summed E-state index contributed by atoms with van der Waals surface area (Å²) >= 11 is 0. The van der Waals surface area contributed by atoms with Crippen molar-refractivity contribution >= 4 is 23.3 Å². The average Bonchev–Trinajstić information content (AvgIpc) is 3.21. The van der Waals surface area contributed by atoms with Crippen molar-refractivity contribution in [1.82, 2.24) is 5.32 Å². The van der Waals surface area contributed by atoms with E-state index in [9.17, 15) is 9.59 Å². The van der Waals surface area contributed by atoms with Gasteiger partial charge >= 0.3 is 6.03 Å². The number of hydrogen-bond donors (Lipinski definition) is 3. The highest BCUT2D eigenvalue weighted by Crippen LogP contribution is 2.16. The van der Waals surface area contributed by atoms with Crippen molar-refractivity contribution in [3.63, 3.8) is 0 Å². The van der Waals surface area contributed by atoms with Gasteiger partial charge in [0.05, 0.1) is 6.10 Å². The van der Waals surface area contributed by atoms with Gasteiger partial charge in [-0.15, -0.1) is 0 Å². The summed E-state index contributed by atoms with van der Waals surface area (Å²) in [5, 5.41) is 8.50. The fourth-order valence-corrected chi connectivity index (χ4v) is 3.42. The van der Waals surface area contributed by atoms with Gasteiger partial charge in [-0.05, 0) is 68.5 Å².